The van der Waals surface area contributed by atoms with E-state index in [9.17, 15) is 9.59 Å². The van der Waals surface area contributed by atoms with E-state index in [-0.39, 0.29) is 18.5 Å². The predicted octanol–water partition coefficient (Wildman–Crippen LogP) is 3.00. The molecule has 1 amide bonds. The Kier molecular flexibility index (Phi) is 5.05. The van der Waals surface area contributed by atoms with Crippen LogP contribution in [0.5, 0.6) is 0 Å². The number of benzene rings is 1. The molecule has 0 N–H and O–H groups in total. The lowest BCUT2D eigenvalue weighted by molar-refractivity contribution is -0.135. The van der Waals surface area contributed by atoms with Gasteiger partial charge < -0.3 is 9.32 Å². The highest BCUT2D eigenvalue weighted by molar-refractivity contribution is 5.80. The number of fused-ring (bicyclic) bond motifs is 1. The van der Waals surface area contributed by atoms with Crippen LogP contribution in [-0.2, 0) is 17.8 Å². The molecule has 27 heavy (non-hydrogen) atoms. The number of oxazole rings is 1. The van der Waals surface area contributed by atoms with Crippen molar-refractivity contribution in [2.75, 3.05) is 6.54 Å². The topological polar surface area (TPSA) is 68.3 Å². The standard InChI is InChI=1S/C21H23N3O3/c25-20(15-24-18-9-1-2-10-19(18)27-21(24)26)23-14-6-4-8-17(23)12-11-16-7-3-5-13-22-16/h1-3,5,7,9-10,13,17H,4,6,8,11-12,14-15H2/t17-/m0/s1. The van der Waals surface area contributed by atoms with Crippen LogP contribution in [0.3, 0.4) is 0 Å². The average Bonchev–Trinajstić information content (AvgIpc) is 3.02. The van der Waals surface area contributed by atoms with Gasteiger partial charge in [-0.2, -0.15) is 0 Å². The number of aryl methyl sites for hydroxylation is 1. The number of nitrogens with zero attached hydrogens (tertiary/aromatic N) is 3. The lowest BCUT2D eigenvalue weighted by atomic mass is 9.97. The number of aromatic nitrogens is 2. The zero-order chi connectivity index (χ0) is 18.6. The fourth-order valence-corrected chi connectivity index (χ4v) is 3.88. The van der Waals surface area contributed by atoms with Crippen molar-refractivity contribution in [2.45, 2.75) is 44.7 Å². The summed E-state index contributed by atoms with van der Waals surface area (Å²) in [6, 6.07) is 13.3. The molecular formula is C21H23N3O3. The number of piperidine rings is 1. The first kappa shape index (κ1) is 17.5. The summed E-state index contributed by atoms with van der Waals surface area (Å²) in [5.74, 6) is -0.499. The Labute approximate surface area is 157 Å². The molecule has 140 valence electrons. The Morgan fingerprint density at radius 3 is 2.85 bits per heavy atom. The molecule has 1 atom stereocenters. The van der Waals surface area contributed by atoms with Gasteiger partial charge in [-0.25, -0.2) is 4.79 Å². The molecule has 0 saturated carbocycles. The number of hydrogen-bond donors (Lipinski definition) is 0. The zero-order valence-corrected chi connectivity index (χ0v) is 15.2. The fraction of sp³-hybridized carbons (Fsp3) is 0.381. The fourth-order valence-electron chi connectivity index (χ4n) is 3.88. The molecule has 3 heterocycles. The minimum Gasteiger partial charge on any atom is -0.408 e. The Hall–Kier alpha value is -2.89. The molecule has 1 aliphatic heterocycles. The molecule has 0 spiro atoms. The molecule has 6 nitrogen and oxygen atoms in total. The summed E-state index contributed by atoms with van der Waals surface area (Å²) in [5, 5.41) is 0. The van der Waals surface area contributed by atoms with Crippen molar-refractivity contribution in [3.05, 3.63) is 64.9 Å². The quantitative estimate of drug-likeness (QED) is 0.697. The summed E-state index contributed by atoms with van der Waals surface area (Å²) in [6.07, 6.45) is 6.68. The SMILES string of the molecule is O=C(Cn1c(=O)oc2ccccc21)N1CCCC[C@H]1CCc1ccccn1. The van der Waals surface area contributed by atoms with Gasteiger partial charge in [-0.1, -0.05) is 18.2 Å². The van der Waals surface area contributed by atoms with E-state index in [1.54, 1.807) is 12.3 Å². The predicted molar refractivity (Wildman–Crippen MR) is 102 cm³/mol. The minimum atomic E-state index is -0.480. The summed E-state index contributed by atoms with van der Waals surface area (Å²) in [5.41, 5.74) is 2.23. The molecule has 0 aliphatic carbocycles. The van der Waals surface area contributed by atoms with Crippen LogP contribution in [0.1, 0.15) is 31.4 Å². The van der Waals surface area contributed by atoms with Crippen molar-refractivity contribution in [3.63, 3.8) is 0 Å². The molecule has 3 aromatic rings. The Morgan fingerprint density at radius 2 is 2.00 bits per heavy atom. The van der Waals surface area contributed by atoms with Crippen LogP contribution in [0.2, 0.25) is 0 Å². The lowest BCUT2D eigenvalue weighted by Gasteiger charge is -2.36. The first-order chi connectivity index (χ1) is 13.2. The number of carbonyl (C=O) groups excluding carboxylic acids is 1. The normalized spacial score (nSPS) is 17.3. The number of hydrogen-bond acceptors (Lipinski definition) is 4. The first-order valence-corrected chi connectivity index (χ1v) is 9.50. The Bertz CT molecular complexity index is 977. The van der Waals surface area contributed by atoms with E-state index in [0.717, 1.165) is 44.3 Å². The molecule has 0 bridgehead atoms. The van der Waals surface area contributed by atoms with E-state index in [2.05, 4.69) is 4.98 Å². The molecule has 2 aromatic heterocycles. The molecule has 1 fully saturated rings. The van der Waals surface area contributed by atoms with Crippen molar-refractivity contribution in [3.8, 4) is 0 Å². The van der Waals surface area contributed by atoms with Gasteiger partial charge in [0, 0.05) is 24.5 Å². The van der Waals surface area contributed by atoms with Crippen LogP contribution in [0.4, 0.5) is 0 Å². The van der Waals surface area contributed by atoms with Crippen LogP contribution >= 0.6 is 0 Å². The molecule has 1 saturated heterocycles. The lowest BCUT2D eigenvalue weighted by Crippen LogP contribution is -2.46. The second-order valence-electron chi connectivity index (χ2n) is 7.02. The largest absolute Gasteiger partial charge is 0.420 e. The second-order valence-corrected chi connectivity index (χ2v) is 7.02. The number of carbonyl (C=O) groups is 1. The Morgan fingerprint density at radius 1 is 1.15 bits per heavy atom. The van der Waals surface area contributed by atoms with Gasteiger partial charge in [-0.15, -0.1) is 0 Å². The maximum Gasteiger partial charge on any atom is 0.420 e. The molecule has 4 rings (SSSR count). The second kappa shape index (κ2) is 7.78. The maximum absolute atomic E-state index is 13.0. The monoisotopic (exact) mass is 365 g/mol. The summed E-state index contributed by atoms with van der Waals surface area (Å²) in [6.45, 7) is 0.770. The summed E-state index contributed by atoms with van der Waals surface area (Å²) in [7, 11) is 0. The smallest absolute Gasteiger partial charge is 0.408 e. The van der Waals surface area contributed by atoms with Gasteiger partial charge in [0.25, 0.3) is 0 Å². The van der Waals surface area contributed by atoms with Crippen molar-refractivity contribution in [1.29, 1.82) is 0 Å². The number of para-hydroxylation sites is 2. The highest BCUT2D eigenvalue weighted by atomic mass is 16.4. The van der Waals surface area contributed by atoms with Crippen LogP contribution in [0.25, 0.3) is 11.1 Å². The van der Waals surface area contributed by atoms with Crippen LogP contribution in [0, 0.1) is 0 Å². The Balaban J connectivity index is 1.48. The van der Waals surface area contributed by atoms with Crippen molar-refractivity contribution < 1.29 is 9.21 Å². The summed E-state index contributed by atoms with van der Waals surface area (Å²) >= 11 is 0. The van der Waals surface area contributed by atoms with E-state index in [1.165, 1.54) is 4.57 Å². The third-order valence-electron chi connectivity index (χ3n) is 5.27. The van der Waals surface area contributed by atoms with E-state index in [0.29, 0.717) is 11.1 Å². The number of likely N-dealkylation sites (tertiary alicyclic amines) is 1. The molecule has 0 unspecified atom stereocenters. The third kappa shape index (κ3) is 3.79. The van der Waals surface area contributed by atoms with Gasteiger partial charge in [0.05, 0.1) is 5.52 Å². The van der Waals surface area contributed by atoms with E-state index in [4.69, 9.17) is 4.42 Å². The molecular weight excluding hydrogens is 342 g/mol. The van der Waals surface area contributed by atoms with Crippen molar-refractivity contribution in [2.24, 2.45) is 0 Å². The van der Waals surface area contributed by atoms with Gasteiger partial charge in [-0.3, -0.25) is 14.3 Å². The summed E-state index contributed by atoms with van der Waals surface area (Å²) < 4.78 is 6.68. The number of amides is 1. The number of pyridine rings is 1. The van der Waals surface area contributed by atoms with Crippen LogP contribution < -0.4 is 5.76 Å². The van der Waals surface area contributed by atoms with E-state index < -0.39 is 5.76 Å². The molecule has 6 heteroatoms. The summed E-state index contributed by atoms with van der Waals surface area (Å²) in [4.78, 5) is 31.5. The van der Waals surface area contributed by atoms with Gasteiger partial charge in [-0.05, 0) is 56.4 Å². The van der Waals surface area contributed by atoms with E-state index >= 15 is 0 Å². The van der Waals surface area contributed by atoms with Gasteiger partial charge in [0.2, 0.25) is 5.91 Å². The van der Waals surface area contributed by atoms with Crippen molar-refractivity contribution in [1.82, 2.24) is 14.5 Å². The van der Waals surface area contributed by atoms with Gasteiger partial charge in [0.1, 0.15) is 6.54 Å². The average molecular weight is 365 g/mol. The minimum absolute atomic E-state index is 0.0191. The first-order valence-electron chi connectivity index (χ1n) is 9.50. The molecule has 1 aromatic carbocycles. The third-order valence-corrected chi connectivity index (χ3v) is 5.27. The zero-order valence-electron chi connectivity index (χ0n) is 15.2. The highest BCUT2D eigenvalue weighted by Gasteiger charge is 2.27. The molecule has 1 aliphatic rings. The van der Waals surface area contributed by atoms with E-state index in [1.807, 2.05) is 41.3 Å². The van der Waals surface area contributed by atoms with Gasteiger partial charge in [0.15, 0.2) is 5.58 Å². The highest BCUT2D eigenvalue weighted by Crippen LogP contribution is 2.22. The maximum atomic E-state index is 13.0. The van der Waals surface area contributed by atoms with Crippen molar-refractivity contribution >= 4 is 17.0 Å². The van der Waals surface area contributed by atoms with Gasteiger partial charge >= 0.3 is 5.76 Å². The van der Waals surface area contributed by atoms with Crippen LogP contribution in [0.15, 0.2) is 57.9 Å². The van der Waals surface area contributed by atoms with Crippen LogP contribution in [-0.4, -0.2) is 32.9 Å². The molecule has 0 radical (unpaired) electrons. The number of rotatable bonds is 5.